The standard InChI is InChI=1S/C12H15ClN2O4S/c1-7-5-9(14)11(6-8(7)13)20(18,19)15-4-2-3-10(15)12(16)17/h5-6,10H,2-4,14H2,1H3,(H,16,17)/t10-/m1/s1. The highest BCUT2D eigenvalue weighted by atomic mass is 35.5. The Hall–Kier alpha value is -1.31. The lowest BCUT2D eigenvalue weighted by Gasteiger charge is -2.22. The van der Waals surface area contributed by atoms with Gasteiger partial charge in [-0.05, 0) is 37.5 Å². The van der Waals surface area contributed by atoms with Crippen LogP contribution in [0.2, 0.25) is 5.02 Å². The first kappa shape index (κ1) is 15.1. The zero-order valence-electron chi connectivity index (χ0n) is 10.8. The van der Waals surface area contributed by atoms with Crippen molar-refractivity contribution in [1.29, 1.82) is 0 Å². The largest absolute Gasteiger partial charge is 0.480 e. The molecule has 1 aliphatic rings. The van der Waals surface area contributed by atoms with Crippen LogP contribution in [0.5, 0.6) is 0 Å². The van der Waals surface area contributed by atoms with Crippen molar-refractivity contribution in [3.05, 3.63) is 22.7 Å². The van der Waals surface area contributed by atoms with E-state index in [1.165, 1.54) is 12.1 Å². The van der Waals surface area contributed by atoms with Crippen LogP contribution in [0.1, 0.15) is 18.4 Å². The number of anilines is 1. The van der Waals surface area contributed by atoms with Gasteiger partial charge in [0.25, 0.3) is 0 Å². The van der Waals surface area contributed by atoms with Crippen LogP contribution in [0.4, 0.5) is 5.69 Å². The van der Waals surface area contributed by atoms with Gasteiger partial charge in [0.2, 0.25) is 10.0 Å². The van der Waals surface area contributed by atoms with Crippen molar-refractivity contribution >= 4 is 33.3 Å². The van der Waals surface area contributed by atoms with Gasteiger partial charge < -0.3 is 10.8 Å². The minimum atomic E-state index is -3.96. The predicted molar refractivity (Wildman–Crippen MR) is 75.2 cm³/mol. The van der Waals surface area contributed by atoms with E-state index in [-0.39, 0.29) is 22.2 Å². The van der Waals surface area contributed by atoms with Crippen molar-refractivity contribution in [3.63, 3.8) is 0 Å². The van der Waals surface area contributed by atoms with Crippen LogP contribution < -0.4 is 5.73 Å². The minimum absolute atomic E-state index is 0.0722. The van der Waals surface area contributed by atoms with Gasteiger partial charge in [-0.15, -0.1) is 0 Å². The first-order chi connectivity index (χ1) is 9.25. The van der Waals surface area contributed by atoms with Crippen molar-refractivity contribution < 1.29 is 18.3 Å². The van der Waals surface area contributed by atoms with Gasteiger partial charge in [0.05, 0.1) is 5.69 Å². The number of hydrogen-bond donors (Lipinski definition) is 2. The van der Waals surface area contributed by atoms with Gasteiger partial charge in [-0.2, -0.15) is 4.31 Å². The summed E-state index contributed by atoms with van der Waals surface area (Å²) >= 11 is 5.94. The number of sulfonamides is 1. The van der Waals surface area contributed by atoms with Gasteiger partial charge in [0.15, 0.2) is 0 Å². The lowest BCUT2D eigenvalue weighted by molar-refractivity contribution is -0.140. The molecule has 0 unspecified atom stereocenters. The maximum absolute atomic E-state index is 12.6. The van der Waals surface area contributed by atoms with E-state index >= 15 is 0 Å². The Kier molecular flexibility index (Phi) is 3.95. The molecule has 0 spiro atoms. The summed E-state index contributed by atoms with van der Waals surface area (Å²) in [7, 11) is -3.96. The summed E-state index contributed by atoms with van der Waals surface area (Å²) in [5.41, 5.74) is 6.49. The van der Waals surface area contributed by atoms with Crippen LogP contribution >= 0.6 is 11.6 Å². The van der Waals surface area contributed by atoms with Crippen molar-refractivity contribution in [2.75, 3.05) is 12.3 Å². The molecule has 1 aromatic rings. The molecule has 0 bridgehead atoms. The maximum atomic E-state index is 12.6. The molecule has 0 aromatic heterocycles. The number of hydrogen-bond acceptors (Lipinski definition) is 4. The molecule has 2 rings (SSSR count). The third-order valence-corrected chi connectivity index (χ3v) is 5.74. The molecule has 0 amide bonds. The molecule has 3 N–H and O–H groups in total. The first-order valence-electron chi connectivity index (χ1n) is 6.05. The van der Waals surface area contributed by atoms with E-state index < -0.39 is 22.0 Å². The normalized spacial score (nSPS) is 20.2. The molecule has 8 heteroatoms. The Labute approximate surface area is 122 Å². The number of rotatable bonds is 3. The van der Waals surface area contributed by atoms with E-state index in [4.69, 9.17) is 22.4 Å². The number of carbonyl (C=O) groups is 1. The second-order valence-electron chi connectivity index (χ2n) is 4.75. The molecule has 0 radical (unpaired) electrons. The molecule has 1 aromatic carbocycles. The number of nitrogens with zero attached hydrogens (tertiary/aromatic N) is 1. The van der Waals surface area contributed by atoms with Crippen LogP contribution in [-0.2, 0) is 14.8 Å². The first-order valence-corrected chi connectivity index (χ1v) is 7.87. The highest BCUT2D eigenvalue weighted by Gasteiger charge is 2.40. The Balaban J connectivity index is 2.50. The third kappa shape index (κ3) is 2.48. The molecule has 1 heterocycles. The molecule has 6 nitrogen and oxygen atoms in total. The fourth-order valence-electron chi connectivity index (χ4n) is 2.31. The Morgan fingerprint density at radius 1 is 1.50 bits per heavy atom. The third-order valence-electron chi connectivity index (χ3n) is 3.37. The average Bonchev–Trinajstić information content (AvgIpc) is 2.83. The van der Waals surface area contributed by atoms with Gasteiger partial charge in [-0.1, -0.05) is 11.6 Å². The number of carboxylic acid groups (broad SMARTS) is 1. The second kappa shape index (κ2) is 5.23. The molecule has 1 fully saturated rings. The molecule has 1 saturated heterocycles. The van der Waals surface area contributed by atoms with Crippen molar-refractivity contribution in [1.82, 2.24) is 4.31 Å². The fourth-order valence-corrected chi connectivity index (χ4v) is 4.31. The molecule has 0 aliphatic carbocycles. The molecular weight excluding hydrogens is 304 g/mol. The zero-order valence-corrected chi connectivity index (χ0v) is 12.4. The summed E-state index contributed by atoms with van der Waals surface area (Å²) in [5, 5.41) is 9.38. The molecule has 110 valence electrons. The summed E-state index contributed by atoms with van der Waals surface area (Å²) in [6.45, 7) is 1.88. The van der Waals surface area contributed by atoms with Crippen molar-refractivity contribution in [2.45, 2.75) is 30.7 Å². The highest BCUT2D eigenvalue weighted by Crippen LogP contribution is 2.32. The van der Waals surface area contributed by atoms with Crippen LogP contribution in [-0.4, -0.2) is 36.4 Å². The van der Waals surface area contributed by atoms with Gasteiger partial charge in [0, 0.05) is 11.6 Å². The predicted octanol–water partition coefficient (Wildman–Crippen LogP) is 1.47. The average molecular weight is 319 g/mol. The molecule has 1 aliphatic heterocycles. The van der Waals surface area contributed by atoms with Crippen LogP contribution in [0.3, 0.4) is 0 Å². The van der Waals surface area contributed by atoms with Crippen molar-refractivity contribution in [3.8, 4) is 0 Å². The number of aliphatic carboxylic acids is 1. The zero-order chi connectivity index (χ0) is 15.1. The maximum Gasteiger partial charge on any atom is 0.322 e. The monoisotopic (exact) mass is 318 g/mol. The van der Waals surface area contributed by atoms with Crippen molar-refractivity contribution in [2.24, 2.45) is 0 Å². The Morgan fingerprint density at radius 2 is 2.15 bits per heavy atom. The van der Waals surface area contributed by atoms with Gasteiger partial charge in [0.1, 0.15) is 10.9 Å². The number of nitrogen functional groups attached to an aromatic ring is 1. The van der Waals surface area contributed by atoms with E-state index in [9.17, 15) is 13.2 Å². The molecule has 1 atom stereocenters. The SMILES string of the molecule is Cc1cc(N)c(S(=O)(=O)N2CCC[C@@H]2C(=O)O)cc1Cl. The molecule has 0 saturated carbocycles. The van der Waals surface area contributed by atoms with E-state index in [0.29, 0.717) is 18.4 Å². The number of carboxylic acids is 1. The van der Waals surface area contributed by atoms with Crippen LogP contribution in [0.15, 0.2) is 17.0 Å². The summed E-state index contributed by atoms with van der Waals surface area (Å²) in [4.78, 5) is 11.0. The summed E-state index contributed by atoms with van der Waals surface area (Å²) in [5.74, 6) is -1.15. The summed E-state index contributed by atoms with van der Waals surface area (Å²) in [6, 6.07) is 1.71. The van der Waals surface area contributed by atoms with E-state index in [1.807, 2.05) is 0 Å². The number of nitrogens with two attached hydrogens (primary N) is 1. The fraction of sp³-hybridized carbons (Fsp3) is 0.417. The van der Waals surface area contributed by atoms with Gasteiger partial charge >= 0.3 is 5.97 Å². The van der Waals surface area contributed by atoms with Crippen LogP contribution in [0.25, 0.3) is 0 Å². The van der Waals surface area contributed by atoms with Crippen LogP contribution in [0, 0.1) is 6.92 Å². The number of benzene rings is 1. The number of halogens is 1. The topological polar surface area (TPSA) is 101 Å². The lowest BCUT2D eigenvalue weighted by Crippen LogP contribution is -2.40. The second-order valence-corrected chi connectivity index (χ2v) is 7.02. The van der Waals surface area contributed by atoms with Gasteiger partial charge in [-0.3, -0.25) is 4.79 Å². The molecule has 20 heavy (non-hydrogen) atoms. The molecular formula is C12H15ClN2O4S. The highest BCUT2D eigenvalue weighted by molar-refractivity contribution is 7.89. The quantitative estimate of drug-likeness (QED) is 0.822. The number of aryl methyl sites for hydroxylation is 1. The smallest absolute Gasteiger partial charge is 0.322 e. The summed E-state index contributed by atoms with van der Waals surface area (Å²) < 4.78 is 26.1. The van der Waals surface area contributed by atoms with E-state index in [2.05, 4.69) is 0 Å². The summed E-state index contributed by atoms with van der Waals surface area (Å²) in [6.07, 6.45) is 0.809. The minimum Gasteiger partial charge on any atom is -0.480 e. The van der Waals surface area contributed by atoms with E-state index in [1.54, 1.807) is 6.92 Å². The van der Waals surface area contributed by atoms with E-state index in [0.717, 1.165) is 4.31 Å². The lowest BCUT2D eigenvalue weighted by atomic mass is 10.2. The Morgan fingerprint density at radius 3 is 2.75 bits per heavy atom. The Bertz CT molecular complexity index is 660. The van der Waals surface area contributed by atoms with Gasteiger partial charge in [-0.25, -0.2) is 8.42 Å².